The maximum absolute atomic E-state index is 3.57. The van der Waals surface area contributed by atoms with Gasteiger partial charge in [0.2, 0.25) is 0 Å². The number of nitrogens with one attached hydrogen (secondary N) is 1. The number of hydrogen-bond acceptors (Lipinski definition) is 3. The third-order valence-corrected chi connectivity index (χ3v) is 5.30. The van der Waals surface area contributed by atoms with E-state index in [9.17, 15) is 0 Å². The van der Waals surface area contributed by atoms with Gasteiger partial charge in [-0.2, -0.15) is 0 Å². The van der Waals surface area contributed by atoms with E-state index in [0.717, 1.165) is 19.0 Å². The van der Waals surface area contributed by atoms with Gasteiger partial charge in [0.1, 0.15) is 0 Å². The van der Waals surface area contributed by atoms with Crippen molar-refractivity contribution in [3.05, 3.63) is 21.9 Å². The van der Waals surface area contributed by atoms with Crippen LogP contribution in [0.2, 0.25) is 0 Å². The van der Waals surface area contributed by atoms with Crippen LogP contribution >= 0.6 is 11.3 Å². The van der Waals surface area contributed by atoms with Crippen LogP contribution in [0.3, 0.4) is 0 Å². The van der Waals surface area contributed by atoms with Crippen molar-refractivity contribution in [2.24, 2.45) is 5.92 Å². The minimum atomic E-state index is 0.196. The third kappa shape index (κ3) is 6.50. The Bertz CT molecular complexity index is 413. The van der Waals surface area contributed by atoms with Crippen molar-refractivity contribution in [2.75, 3.05) is 13.6 Å². The van der Waals surface area contributed by atoms with E-state index in [1.807, 2.05) is 11.3 Å². The van der Waals surface area contributed by atoms with Crippen molar-refractivity contribution in [1.82, 2.24) is 10.2 Å². The quantitative estimate of drug-likeness (QED) is 0.823. The fourth-order valence-electron chi connectivity index (χ4n) is 3.10. The van der Waals surface area contributed by atoms with Gasteiger partial charge in [0.15, 0.2) is 0 Å². The normalized spacial score (nSPS) is 17.6. The summed E-state index contributed by atoms with van der Waals surface area (Å²) in [6.45, 7) is 10.0. The van der Waals surface area contributed by atoms with Crippen LogP contribution in [0.1, 0.15) is 62.6 Å². The first kappa shape index (κ1) is 17.0. The molecular formula is C18H32N2S. The number of hydrogen-bond donors (Lipinski definition) is 1. The van der Waals surface area contributed by atoms with Crippen LogP contribution in [0.5, 0.6) is 0 Å². The van der Waals surface area contributed by atoms with Gasteiger partial charge in [-0.05, 0) is 58.7 Å². The highest BCUT2D eigenvalue weighted by atomic mass is 32.1. The summed E-state index contributed by atoms with van der Waals surface area (Å²) in [5.74, 6) is 0.936. The van der Waals surface area contributed by atoms with E-state index in [4.69, 9.17) is 0 Å². The second kappa shape index (κ2) is 7.75. The average Bonchev–Trinajstić information content (AvgIpc) is 2.84. The standard InChI is InChI=1S/C18H32N2S/c1-18(2,3)19-12-16-10-11-17(21-16)14-20(4)13-15-8-6-5-7-9-15/h10-11,15,19H,5-9,12-14H2,1-4H3. The molecule has 0 bridgehead atoms. The first-order valence-corrected chi connectivity index (χ1v) is 9.25. The topological polar surface area (TPSA) is 15.3 Å². The second-order valence-corrected chi connectivity index (χ2v) is 8.93. The Hall–Kier alpha value is -0.380. The number of thiophene rings is 1. The molecule has 1 aliphatic rings. The van der Waals surface area contributed by atoms with Crippen LogP contribution in [0.4, 0.5) is 0 Å². The summed E-state index contributed by atoms with van der Waals surface area (Å²) in [5.41, 5.74) is 0.196. The van der Waals surface area contributed by atoms with E-state index >= 15 is 0 Å². The van der Waals surface area contributed by atoms with Crippen molar-refractivity contribution in [2.45, 2.75) is 71.5 Å². The summed E-state index contributed by atoms with van der Waals surface area (Å²) < 4.78 is 0. The molecule has 0 spiro atoms. The Labute approximate surface area is 134 Å². The van der Waals surface area contributed by atoms with Gasteiger partial charge < -0.3 is 10.2 Å². The summed E-state index contributed by atoms with van der Waals surface area (Å²) in [5, 5.41) is 3.57. The van der Waals surface area contributed by atoms with Crippen LogP contribution in [-0.4, -0.2) is 24.0 Å². The summed E-state index contributed by atoms with van der Waals surface area (Å²) in [7, 11) is 2.28. The first-order valence-electron chi connectivity index (χ1n) is 8.43. The summed E-state index contributed by atoms with van der Waals surface area (Å²) in [6, 6.07) is 4.59. The molecule has 1 saturated carbocycles. The highest BCUT2D eigenvalue weighted by molar-refractivity contribution is 7.11. The zero-order valence-electron chi connectivity index (χ0n) is 14.2. The Morgan fingerprint density at radius 1 is 1.14 bits per heavy atom. The van der Waals surface area contributed by atoms with Crippen LogP contribution in [0, 0.1) is 5.92 Å². The Morgan fingerprint density at radius 3 is 2.48 bits per heavy atom. The van der Waals surface area contributed by atoms with Gasteiger partial charge in [0.05, 0.1) is 0 Å². The van der Waals surface area contributed by atoms with Gasteiger partial charge in [-0.15, -0.1) is 11.3 Å². The predicted molar refractivity (Wildman–Crippen MR) is 93.8 cm³/mol. The zero-order valence-corrected chi connectivity index (χ0v) is 15.1. The summed E-state index contributed by atoms with van der Waals surface area (Å²) in [4.78, 5) is 5.47. The monoisotopic (exact) mass is 308 g/mol. The number of nitrogens with zero attached hydrogens (tertiary/aromatic N) is 1. The molecule has 1 N–H and O–H groups in total. The Balaban J connectivity index is 1.75. The van der Waals surface area contributed by atoms with Crippen LogP contribution in [0.25, 0.3) is 0 Å². The van der Waals surface area contributed by atoms with Crippen molar-refractivity contribution in [1.29, 1.82) is 0 Å². The van der Waals surface area contributed by atoms with Crippen molar-refractivity contribution in [3.63, 3.8) is 0 Å². The van der Waals surface area contributed by atoms with Crippen molar-refractivity contribution >= 4 is 11.3 Å². The molecule has 0 radical (unpaired) electrons. The highest BCUT2D eigenvalue weighted by Gasteiger charge is 2.16. The minimum Gasteiger partial charge on any atom is -0.307 e. The van der Waals surface area contributed by atoms with Gasteiger partial charge in [0, 0.05) is 34.9 Å². The van der Waals surface area contributed by atoms with Crippen molar-refractivity contribution < 1.29 is 0 Å². The Morgan fingerprint density at radius 2 is 1.81 bits per heavy atom. The van der Waals surface area contributed by atoms with E-state index in [1.54, 1.807) is 0 Å². The Kier molecular flexibility index (Phi) is 6.27. The van der Waals surface area contributed by atoms with E-state index in [1.165, 1.54) is 48.4 Å². The average molecular weight is 309 g/mol. The molecule has 3 heteroatoms. The van der Waals surface area contributed by atoms with Crippen LogP contribution < -0.4 is 5.32 Å². The predicted octanol–water partition coefficient (Wildman–Crippen LogP) is 4.65. The van der Waals surface area contributed by atoms with E-state index in [-0.39, 0.29) is 5.54 Å². The van der Waals surface area contributed by atoms with E-state index < -0.39 is 0 Å². The number of rotatable bonds is 6. The highest BCUT2D eigenvalue weighted by Crippen LogP contribution is 2.25. The molecule has 1 fully saturated rings. The molecule has 0 atom stereocenters. The lowest BCUT2D eigenvalue weighted by molar-refractivity contribution is 0.229. The molecule has 1 aromatic heterocycles. The molecule has 2 nitrogen and oxygen atoms in total. The lowest BCUT2D eigenvalue weighted by Crippen LogP contribution is -2.34. The minimum absolute atomic E-state index is 0.196. The molecule has 1 aromatic rings. The molecule has 21 heavy (non-hydrogen) atoms. The van der Waals surface area contributed by atoms with Crippen LogP contribution in [0.15, 0.2) is 12.1 Å². The largest absolute Gasteiger partial charge is 0.307 e. The lowest BCUT2D eigenvalue weighted by Gasteiger charge is -2.26. The molecule has 1 heterocycles. The summed E-state index contributed by atoms with van der Waals surface area (Å²) >= 11 is 1.96. The molecule has 1 aliphatic carbocycles. The first-order chi connectivity index (χ1) is 9.92. The summed E-state index contributed by atoms with van der Waals surface area (Å²) in [6.07, 6.45) is 7.22. The fraction of sp³-hybridized carbons (Fsp3) is 0.778. The van der Waals surface area contributed by atoms with Crippen molar-refractivity contribution in [3.8, 4) is 0 Å². The third-order valence-electron chi connectivity index (χ3n) is 4.23. The second-order valence-electron chi connectivity index (χ2n) is 7.67. The zero-order chi connectivity index (χ0) is 15.3. The van der Waals surface area contributed by atoms with E-state index in [2.05, 4.69) is 50.2 Å². The van der Waals surface area contributed by atoms with E-state index in [0.29, 0.717) is 0 Å². The molecule has 0 unspecified atom stereocenters. The molecular weight excluding hydrogens is 276 g/mol. The molecule has 0 saturated heterocycles. The molecule has 120 valence electrons. The van der Waals surface area contributed by atoms with Gasteiger partial charge in [0.25, 0.3) is 0 Å². The van der Waals surface area contributed by atoms with Gasteiger partial charge in [-0.1, -0.05) is 19.3 Å². The van der Waals surface area contributed by atoms with Crippen LogP contribution in [-0.2, 0) is 13.1 Å². The molecule has 0 aromatic carbocycles. The van der Waals surface area contributed by atoms with Gasteiger partial charge >= 0.3 is 0 Å². The molecule has 0 aliphatic heterocycles. The maximum Gasteiger partial charge on any atom is 0.0325 e. The maximum atomic E-state index is 3.57. The smallest absolute Gasteiger partial charge is 0.0325 e. The molecule has 0 amide bonds. The SMILES string of the molecule is CN(Cc1ccc(CNC(C)(C)C)s1)CC1CCCCC1. The fourth-order valence-corrected chi connectivity index (χ4v) is 4.13. The van der Waals surface area contributed by atoms with Gasteiger partial charge in [-0.3, -0.25) is 0 Å². The van der Waals surface area contributed by atoms with Gasteiger partial charge in [-0.25, -0.2) is 0 Å². The lowest BCUT2D eigenvalue weighted by atomic mass is 9.89. The molecule has 2 rings (SSSR count).